The van der Waals surface area contributed by atoms with Crippen LogP contribution in [0.3, 0.4) is 0 Å². The van der Waals surface area contributed by atoms with Crippen molar-refractivity contribution >= 4 is 17.7 Å². The molecule has 0 saturated carbocycles. The molecule has 1 aliphatic heterocycles. The van der Waals surface area contributed by atoms with Crippen LogP contribution >= 0.6 is 0 Å². The molecule has 0 fully saturated rings. The third kappa shape index (κ3) is 4.59. The summed E-state index contributed by atoms with van der Waals surface area (Å²) in [5, 5.41) is 8.86. The fourth-order valence-corrected chi connectivity index (χ4v) is 2.72. The summed E-state index contributed by atoms with van der Waals surface area (Å²) in [6.07, 6.45) is 4.50. The molecule has 2 aromatic heterocycles. The number of rotatable bonds is 6. The van der Waals surface area contributed by atoms with Crippen LogP contribution in [0, 0.1) is 0 Å². The van der Waals surface area contributed by atoms with Crippen LogP contribution < -0.4 is 20.7 Å². The highest BCUT2D eigenvalue weighted by Crippen LogP contribution is 2.21. The van der Waals surface area contributed by atoms with E-state index < -0.39 is 0 Å². The van der Waals surface area contributed by atoms with Crippen LogP contribution in [0.5, 0.6) is 5.75 Å². The highest BCUT2D eigenvalue weighted by atomic mass is 16.5. The average molecular weight is 341 g/mol. The third-order valence-electron chi connectivity index (χ3n) is 3.92. The van der Waals surface area contributed by atoms with Gasteiger partial charge in [-0.25, -0.2) is 14.8 Å². The van der Waals surface area contributed by atoms with Crippen LogP contribution in [0.4, 0.5) is 16.4 Å². The highest BCUT2D eigenvalue weighted by Gasteiger charge is 2.11. The Balaban J connectivity index is 1.50. The number of hydrogen-bond acceptors (Lipinski definition) is 5. The molecule has 1 aliphatic rings. The van der Waals surface area contributed by atoms with Gasteiger partial charge < -0.3 is 15.4 Å². The SMILES string of the molecule is CCOc1cccnc1NC(=O)NCCc1ccc2c(n1)NCCC2. The van der Waals surface area contributed by atoms with Crippen LogP contribution in [0.15, 0.2) is 30.5 Å². The fraction of sp³-hybridized carbons (Fsp3) is 0.389. The first kappa shape index (κ1) is 17.0. The summed E-state index contributed by atoms with van der Waals surface area (Å²) in [5.74, 6) is 1.95. The Hall–Kier alpha value is -2.83. The van der Waals surface area contributed by atoms with Crippen LogP contribution in [-0.2, 0) is 12.8 Å². The minimum Gasteiger partial charge on any atom is -0.490 e. The lowest BCUT2D eigenvalue weighted by atomic mass is 10.1. The van der Waals surface area contributed by atoms with Gasteiger partial charge in [0.15, 0.2) is 11.6 Å². The smallest absolute Gasteiger partial charge is 0.320 e. The summed E-state index contributed by atoms with van der Waals surface area (Å²) in [4.78, 5) is 20.8. The zero-order valence-corrected chi connectivity index (χ0v) is 14.3. The molecule has 132 valence electrons. The van der Waals surface area contributed by atoms with E-state index >= 15 is 0 Å². The second-order valence-corrected chi connectivity index (χ2v) is 5.75. The van der Waals surface area contributed by atoms with Crippen LogP contribution in [0.1, 0.15) is 24.6 Å². The van der Waals surface area contributed by atoms with Gasteiger partial charge in [0.1, 0.15) is 5.82 Å². The quantitative estimate of drug-likeness (QED) is 0.752. The number of nitrogens with one attached hydrogen (secondary N) is 3. The second kappa shape index (κ2) is 8.32. The number of amides is 2. The molecule has 0 bridgehead atoms. The number of carbonyl (C=O) groups excluding carboxylic acids is 1. The molecule has 3 N–H and O–H groups in total. The molecule has 0 aromatic carbocycles. The molecule has 25 heavy (non-hydrogen) atoms. The largest absolute Gasteiger partial charge is 0.490 e. The Morgan fingerprint density at radius 2 is 2.28 bits per heavy atom. The molecule has 0 aliphatic carbocycles. The van der Waals surface area contributed by atoms with E-state index in [1.807, 2.05) is 13.0 Å². The number of aryl methyl sites for hydroxylation is 1. The molecule has 2 amide bonds. The number of pyridine rings is 2. The van der Waals surface area contributed by atoms with Gasteiger partial charge in [0.2, 0.25) is 0 Å². The lowest BCUT2D eigenvalue weighted by Gasteiger charge is -2.17. The molecule has 0 radical (unpaired) electrons. The van der Waals surface area contributed by atoms with E-state index in [0.717, 1.165) is 30.9 Å². The van der Waals surface area contributed by atoms with Gasteiger partial charge in [0, 0.05) is 31.4 Å². The summed E-state index contributed by atoms with van der Waals surface area (Å²) in [6, 6.07) is 7.37. The van der Waals surface area contributed by atoms with E-state index in [9.17, 15) is 4.79 Å². The average Bonchev–Trinajstić information content (AvgIpc) is 2.63. The number of carbonyl (C=O) groups is 1. The summed E-state index contributed by atoms with van der Waals surface area (Å²) < 4.78 is 5.44. The van der Waals surface area contributed by atoms with E-state index in [0.29, 0.717) is 31.1 Å². The van der Waals surface area contributed by atoms with Gasteiger partial charge in [-0.2, -0.15) is 0 Å². The molecule has 2 aromatic rings. The van der Waals surface area contributed by atoms with Crippen molar-refractivity contribution in [1.82, 2.24) is 15.3 Å². The molecule has 0 unspecified atom stereocenters. The van der Waals surface area contributed by atoms with E-state index in [1.54, 1.807) is 18.3 Å². The van der Waals surface area contributed by atoms with Crippen molar-refractivity contribution in [3.05, 3.63) is 41.7 Å². The second-order valence-electron chi connectivity index (χ2n) is 5.75. The fourth-order valence-electron chi connectivity index (χ4n) is 2.72. The molecule has 0 atom stereocenters. The third-order valence-corrected chi connectivity index (χ3v) is 3.92. The number of nitrogens with zero attached hydrogens (tertiary/aromatic N) is 2. The first-order chi connectivity index (χ1) is 12.3. The van der Waals surface area contributed by atoms with Crippen molar-refractivity contribution in [2.45, 2.75) is 26.2 Å². The number of urea groups is 1. The molecule has 3 rings (SSSR count). The Bertz CT molecular complexity index is 735. The molecule has 3 heterocycles. The maximum Gasteiger partial charge on any atom is 0.320 e. The van der Waals surface area contributed by atoms with E-state index in [4.69, 9.17) is 4.74 Å². The highest BCUT2D eigenvalue weighted by molar-refractivity contribution is 5.89. The summed E-state index contributed by atoms with van der Waals surface area (Å²) in [7, 11) is 0. The van der Waals surface area contributed by atoms with E-state index in [1.165, 1.54) is 5.56 Å². The van der Waals surface area contributed by atoms with Crippen molar-refractivity contribution in [1.29, 1.82) is 0 Å². The van der Waals surface area contributed by atoms with E-state index in [-0.39, 0.29) is 6.03 Å². The maximum absolute atomic E-state index is 12.0. The molecular formula is C18H23N5O2. The molecule has 0 spiro atoms. The topological polar surface area (TPSA) is 88.2 Å². The van der Waals surface area contributed by atoms with Crippen molar-refractivity contribution in [3.63, 3.8) is 0 Å². The number of fused-ring (bicyclic) bond motifs is 1. The van der Waals surface area contributed by atoms with Crippen molar-refractivity contribution in [3.8, 4) is 5.75 Å². The predicted molar refractivity (Wildman–Crippen MR) is 97.2 cm³/mol. The first-order valence-electron chi connectivity index (χ1n) is 8.61. The lowest BCUT2D eigenvalue weighted by Crippen LogP contribution is -2.31. The summed E-state index contributed by atoms with van der Waals surface area (Å²) in [5.41, 5.74) is 2.22. The van der Waals surface area contributed by atoms with Gasteiger partial charge in [-0.1, -0.05) is 6.07 Å². The lowest BCUT2D eigenvalue weighted by molar-refractivity contribution is 0.252. The normalized spacial score (nSPS) is 12.7. The van der Waals surface area contributed by atoms with Gasteiger partial charge in [-0.15, -0.1) is 0 Å². The first-order valence-corrected chi connectivity index (χ1v) is 8.61. The maximum atomic E-state index is 12.0. The Kier molecular flexibility index (Phi) is 5.66. The molecule has 7 nitrogen and oxygen atoms in total. The van der Waals surface area contributed by atoms with Gasteiger partial charge >= 0.3 is 6.03 Å². The van der Waals surface area contributed by atoms with Crippen molar-refractivity contribution in [2.24, 2.45) is 0 Å². The summed E-state index contributed by atoms with van der Waals surface area (Å²) >= 11 is 0. The molecule has 7 heteroatoms. The van der Waals surface area contributed by atoms with Gasteiger partial charge in [0.05, 0.1) is 6.61 Å². The number of ether oxygens (including phenoxy) is 1. The van der Waals surface area contributed by atoms with Crippen molar-refractivity contribution < 1.29 is 9.53 Å². The minimum absolute atomic E-state index is 0.310. The van der Waals surface area contributed by atoms with E-state index in [2.05, 4.69) is 32.0 Å². The van der Waals surface area contributed by atoms with Crippen LogP contribution in [-0.4, -0.2) is 35.7 Å². The van der Waals surface area contributed by atoms with Crippen molar-refractivity contribution in [2.75, 3.05) is 30.3 Å². The molecular weight excluding hydrogens is 318 g/mol. The van der Waals surface area contributed by atoms with Gasteiger partial charge in [-0.3, -0.25) is 5.32 Å². The summed E-state index contributed by atoms with van der Waals surface area (Å²) in [6.45, 7) is 3.86. The number of anilines is 2. The zero-order chi connectivity index (χ0) is 17.5. The zero-order valence-electron chi connectivity index (χ0n) is 14.3. The predicted octanol–water partition coefficient (Wildman–Crippen LogP) is 2.60. The van der Waals surface area contributed by atoms with Crippen LogP contribution in [0.2, 0.25) is 0 Å². The molecule has 0 saturated heterocycles. The minimum atomic E-state index is -0.310. The Morgan fingerprint density at radius 3 is 3.16 bits per heavy atom. The Morgan fingerprint density at radius 1 is 1.36 bits per heavy atom. The number of hydrogen-bond donors (Lipinski definition) is 3. The van der Waals surface area contributed by atoms with Gasteiger partial charge in [0.25, 0.3) is 0 Å². The standard InChI is InChI=1S/C18H23N5O2/c1-2-25-15-6-4-11-20-17(15)23-18(24)21-12-9-14-8-7-13-5-3-10-19-16(13)22-14/h4,6-8,11H,2-3,5,9-10,12H2,1H3,(H,19,22)(H2,20,21,23,24). The number of aromatic nitrogens is 2. The monoisotopic (exact) mass is 341 g/mol. The van der Waals surface area contributed by atoms with Gasteiger partial charge in [-0.05, 0) is 43.5 Å². The van der Waals surface area contributed by atoms with Crippen LogP contribution in [0.25, 0.3) is 0 Å². The Labute approximate surface area is 147 Å².